The molecular formula is C9H11BrN4O. The highest BCUT2D eigenvalue weighted by Gasteiger charge is 2.27. The molecule has 3 heterocycles. The van der Waals surface area contributed by atoms with Gasteiger partial charge in [-0.05, 0) is 22.0 Å². The Labute approximate surface area is 96.0 Å². The summed E-state index contributed by atoms with van der Waals surface area (Å²) in [7, 11) is 0. The van der Waals surface area contributed by atoms with E-state index in [-0.39, 0.29) is 0 Å². The number of fused-ring (bicyclic) bond motifs is 1. The van der Waals surface area contributed by atoms with Crippen LogP contribution in [0.1, 0.15) is 0 Å². The molecule has 0 aromatic rings. The van der Waals surface area contributed by atoms with Crippen molar-refractivity contribution in [3.63, 3.8) is 0 Å². The van der Waals surface area contributed by atoms with E-state index in [0.29, 0.717) is 12.7 Å². The molecular weight excluding hydrogens is 260 g/mol. The van der Waals surface area contributed by atoms with Crippen molar-refractivity contribution in [1.82, 2.24) is 15.8 Å². The lowest BCUT2D eigenvalue weighted by Gasteiger charge is -2.31. The molecule has 5 nitrogen and oxygen atoms in total. The van der Waals surface area contributed by atoms with Crippen molar-refractivity contribution in [3.8, 4) is 0 Å². The van der Waals surface area contributed by atoms with Crippen molar-refractivity contribution in [2.24, 2.45) is 4.99 Å². The molecule has 1 saturated heterocycles. The van der Waals surface area contributed by atoms with Gasteiger partial charge in [0.2, 0.25) is 0 Å². The van der Waals surface area contributed by atoms with E-state index in [9.17, 15) is 0 Å². The number of hydrazine groups is 1. The van der Waals surface area contributed by atoms with Crippen LogP contribution in [0.25, 0.3) is 0 Å². The van der Waals surface area contributed by atoms with E-state index in [1.54, 1.807) is 0 Å². The van der Waals surface area contributed by atoms with Gasteiger partial charge in [0.1, 0.15) is 6.67 Å². The number of halogens is 1. The van der Waals surface area contributed by atoms with E-state index in [4.69, 9.17) is 4.74 Å². The molecule has 6 heteroatoms. The molecule has 80 valence electrons. The third-order valence-electron chi connectivity index (χ3n) is 2.47. The number of nitrogens with one attached hydrogen (secondary N) is 2. The van der Waals surface area contributed by atoms with Crippen LogP contribution in [0.2, 0.25) is 0 Å². The number of ether oxygens (including phenoxy) is 1. The maximum atomic E-state index is 5.13. The zero-order chi connectivity index (χ0) is 10.3. The average Bonchev–Trinajstić information content (AvgIpc) is 2.58. The first-order valence-corrected chi connectivity index (χ1v) is 5.63. The van der Waals surface area contributed by atoms with E-state index < -0.39 is 0 Å². The Morgan fingerprint density at radius 1 is 1.60 bits per heavy atom. The lowest BCUT2D eigenvalue weighted by Crippen LogP contribution is -2.49. The molecule has 3 rings (SSSR count). The predicted octanol–water partition coefficient (Wildman–Crippen LogP) is 0.285. The van der Waals surface area contributed by atoms with Crippen LogP contribution < -0.4 is 10.7 Å². The molecule has 0 unspecified atom stereocenters. The lowest BCUT2D eigenvalue weighted by atomic mass is 10.2. The Bertz CT molecular complexity index is 372. The van der Waals surface area contributed by atoms with Gasteiger partial charge in [-0.2, -0.15) is 0 Å². The van der Waals surface area contributed by atoms with Crippen LogP contribution >= 0.6 is 15.9 Å². The highest BCUT2D eigenvalue weighted by Crippen LogP contribution is 2.20. The Morgan fingerprint density at radius 3 is 3.20 bits per heavy atom. The maximum absolute atomic E-state index is 5.13. The highest BCUT2D eigenvalue weighted by atomic mass is 79.9. The second-order valence-corrected chi connectivity index (χ2v) is 4.53. The van der Waals surface area contributed by atoms with Gasteiger partial charge in [-0.15, -0.1) is 0 Å². The normalized spacial score (nSPS) is 25.1. The summed E-state index contributed by atoms with van der Waals surface area (Å²) in [6.45, 7) is 2.19. The number of rotatable bonds is 2. The summed E-state index contributed by atoms with van der Waals surface area (Å²) in [5.74, 6) is 0.949. The van der Waals surface area contributed by atoms with E-state index in [2.05, 4.69) is 31.7 Å². The van der Waals surface area contributed by atoms with Crippen molar-refractivity contribution in [2.75, 3.05) is 19.9 Å². The van der Waals surface area contributed by atoms with E-state index >= 15 is 0 Å². The first kappa shape index (κ1) is 9.38. The lowest BCUT2D eigenvalue weighted by molar-refractivity contribution is -0.000170. The van der Waals surface area contributed by atoms with Gasteiger partial charge in [0, 0.05) is 10.7 Å². The molecule has 0 atom stereocenters. The molecule has 1 fully saturated rings. The van der Waals surface area contributed by atoms with Crippen LogP contribution in [0.15, 0.2) is 27.4 Å². The van der Waals surface area contributed by atoms with Gasteiger partial charge >= 0.3 is 0 Å². The zero-order valence-electron chi connectivity index (χ0n) is 8.03. The van der Waals surface area contributed by atoms with Gasteiger partial charge < -0.3 is 10.1 Å². The topological polar surface area (TPSA) is 48.9 Å². The molecule has 0 amide bonds. The fourth-order valence-corrected chi connectivity index (χ4v) is 2.10. The third-order valence-corrected chi connectivity index (χ3v) is 2.90. The van der Waals surface area contributed by atoms with Crippen LogP contribution in [0.4, 0.5) is 0 Å². The summed E-state index contributed by atoms with van der Waals surface area (Å²) in [5, 5.41) is 5.33. The van der Waals surface area contributed by atoms with Crippen LogP contribution in [-0.2, 0) is 4.74 Å². The standard InChI is InChI=1S/C9H11BrN4O/c10-6-1-8(13-7-3-15-4-7)9-11-5-12-14(9)2-6/h1-2,7,12-13H,3-5H2. The molecule has 0 spiro atoms. The van der Waals surface area contributed by atoms with Crippen LogP contribution in [0.5, 0.6) is 0 Å². The molecule has 3 aliphatic heterocycles. The maximum Gasteiger partial charge on any atom is 0.167 e. The zero-order valence-corrected chi connectivity index (χ0v) is 9.62. The third kappa shape index (κ3) is 1.68. The van der Waals surface area contributed by atoms with E-state index in [0.717, 1.165) is 29.2 Å². The summed E-state index contributed by atoms with van der Waals surface area (Å²) in [6, 6.07) is 0.416. The summed E-state index contributed by atoms with van der Waals surface area (Å²) >= 11 is 3.47. The van der Waals surface area contributed by atoms with Gasteiger partial charge in [-0.3, -0.25) is 5.01 Å². The van der Waals surface area contributed by atoms with Crippen molar-refractivity contribution in [3.05, 3.63) is 22.5 Å². The molecule has 0 aliphatic carbocycles. The first-order valence-electron chi connectivity index (χ1n) is 4.84. The number of hydrogen-bond donors (Lipinski definition) is 2. The molecule has 3 aliphatic rings. The van der Waals surface area contributed by atoms with Crippen LogP contribution in [-0.4, -0.2) is 36.8 Å². The monoisotopic (exact) mass is 270 g/mol. The Morgan fingerprint density at radius 2 is 2.47 bits per heavy atom. The van der Waals surface area contributed by atoms with Gasteiger partial charge in [0.15, 0.2) is 5.84 Å². The second kappa shape index (κ2) is 3.62. The molecule has 0 radical (unpaired) electrons. The number of allylic oxidation sites excluding steroid dienone is 2. The minimum absolute atomic E-state index is 0.416. The summed E-state index contributed by atoms with van der Waals surface area (Å²) in [5.41, 5.74) is 4.18. The minimum atomic E-state index is 0.416. The van der Waals surface area contributed by atoms with Crippen LogP contribution in [0, 0.1) is 0 Å². The first-order chi connectivity index (χ1) is 7.33. The number of hydrogen-bond acceptors (Lipinski definition) is 5. The van der Waals surface area contributed by atoms with Gasteiger partial charge in [-0.25, -0.2) is 10.4 Å². The molecule has 0 saturated carbocycles. The predicted molar refractivity (Wildman–Crippen MR) is 60.1 cm³/mol. The van der Waals surface area contributed by atoms with E-state index in [1.807, 2.05) is 17.3 Å². The van der Waals surface area contributed by atoms with Crippen molar-refractivity contribution >= 4 is 21.8 Å². The second-order valence-electron chi connectivity index (χ2n) is 3.62. The molecule has 2 N–H and O–H groups in total. The van der Waals surface area contributed by atoms with Crippen molar-refractivity contribution in [1.29, 1.82) is 0 Å². The molecule has 0 bridgehead atoms. The molecule has 0 aromatic carbocycles. The van der Waals surface area contributed by atoms with Crippen molar-refractivity contribution in [2.45, 2.75) is 6.04 Å². The number of amidine groups is 1. The highest BCUT2D eigenvalue weighted by molar-refractivity contribution is 9.11. The SMILES string of the molecule is BrC1=CN2NCN=C2C(NC2COC2)=C1. The Hall–Kier alpha value is -0.850. The smallest absolute Gasteiger partial charge is 0.167 e. The Kier molecular flexibility index (Phi) is 2.27. The summed E-state index contributed by atoms with van der Waals surface area (Å²) < 4.78 is 6.16. The Balaban J connectivity index is 1.81. The van der Waals surface area contributed by atoms with Gasteiger partial charge in [0.05, 0.1) is 25.0 Å². The minimum Gasteiger partial charge on any atom is -0.377 e. The fraction of sp³-hybridized carbons (Fsp3) is 0.444. The summed E-state index contributed by atoms with van der Waals surface area (Å²) in [6.07, 6.45) is 4.01. The quantitative estimate of drug-likeness (QED) is 0.757. The largest absolute Gasteiger partial charge is 0.377 e. The van der Waals surface area contributed by atoms with Gasteiger partial charge in [-0.1, -0.05) is 0 Å². The molecule has 15 heavy (non-hydrogen) atoms. The van der Waals surface area contributed by atoms with Gasteiger partial charge in [0.25, 0.3) is 0 Å². The fourth-order valence-electron chi connectivity index (χ4n) is 1.67. The van der Waals surface area contributed by atoms with Crippen LogP contribution in [0.3, 0.4) is 0 Å². The summed E-state index contributed by atoms with van der Waals surface area (Å²) in [4.78, 5) is 4.38. The van der Waals surface area contributed by atoms with Crippen molar-refractivity contribution < 1.29 is 4.74 Å². The average molecular weight is 271 g/mol. The number of aliphatic imine (C=N–C) groups is 1. The van der Waals surface area contributed by atoms with E-state index in [1.165, 1.54) is 0 Å². The molecule has 0 aromatic heterocycles. The number of nitrogens with zero attached hydrogens (tertiary/aromatic N) is 2.